The van der Waals surface area contributed by atoms with Gasteiger partial charge in [0.2, 0.25) is 0 Å². The molecule has 0 bridgehead atoms. The summed E-state index contributed by atoms with van der Waals surface area (Å²) in [6.45, 7) is 7.26. The molecule has 110 valence electrons. The Morgan fingerprint density at radius 2 is 2.05 bits per heavy atom. The summed E-state index contributed by atoms with van der Waals surface area (Å²) in [5, 5.41) is 1.29. The fourth-order valence-corrected chi connectivity index (χ4v) is 2.41. The molecule has 0 spiro atoms. The summed E-state index contributed by atoms with van der Waals surface area (Å²) in [7, 11) is 1.77. The lowest BCUT2D eigenvalue weighted by molar-refractivity contribution is 0.0123. The Bertz CT molecular complexity index is 569. The molecule has 1 heterocycles. The van der Waals surface area contributed by atoms with Gasteiger partial charge in [0.15, 0.2) is 0 Å². The Kier molecular flexibility index (Phi) is 4.51. The minimum Gasteiger partial charge on any atom is -0.379 e. The fraction of sp³-hybridized carbons (Fsp3) is 0.529. The molecule has 0 aliphatic carbocycles. The summed E-state index contributed by atoms with van der Waals surface area (Å²) in [6, 6.07) is 8.99. The summed E-state index contributed by atoms with van der Waals surface area (Å²) in [5.41, 5.74) is 8.40. The van der Waals surface area contributed by atoms with Crippen molar-refractivity contribution in [2.45, 2.75) is 51.8 Å². The molecule has 0 saturated heterocycles. The smallest absolute Gasteiger partial charge is 0.0639 e. The molecule has 20 heavy (non-hydrogen) atoms. The number of rotatable bonds is 6. The van der Waals surface area contributed by atoms with E-state index in [4.69, 9.17) is 10.5 Å². The molecule has 0 aliphatic rings. The number of hydrogen-bond donors (Lipinski definition) is 1. The van der Waals surface area contributed by atoms with Gasteiger partial charge in [0.05, 0.1) is 5.60 Å². The molecule has 0 saturated carbocycles. The molecule has 2 N–H and O–H groups in total. The molecule has 1 aromatic carbocycles. The maximum atomic E-state index is 5.89. The second kappa shape index (κ2) is 5.98. The van der Waals surface area contributed by atoms with E-state index in [1.165, 1.54) is 16.5 Å². The van der Waals surface area contributed by atoms with Gasteiger partial charge in [-0.1, -0.05) is 12.1 Å². The third kappa shape index (κ3) is 3.62. The van der Waals surface area contributed by atoms with Gasteiger partial charge < -0.3 is 15.0 Å². The number of benzene rings is 1. The van der Waals surface area contributed by atoms with Crippen LogP contribution in [0.4, 0.5) is 0 Å². The Balaban J connectivity index is 2.21. The monoisotopic (exact) mass is 274 g/mol. The lowest BCUT2D eigenvalue weighted by atomic mass is 10.0. The Labute approximate surface area is 121 Å². The molecular formula is C17H26N2O. The normalized spacial score (nSPS) is 13.8. The van der Waals surface area contributed by atoms with E-state index in [-0.39, 0.29) is 11.6 Å². The van der Waals surface area contributed by atoms with Crippen molar-refractivity contribution in [1.29, 1.82) is 0 Å². The summed E-state index contributed by atoms with van der Waals surface area (Å²) in [5.74, 6) is 0. The lowest BCUT2D eigenvalue weighted by Gasteiger charge is -2.23. The Morgan fingerprint density at radius 3 is 2.70 bits per heavy atom. The number of fused-ring (bicyclic) bond motifs is 1. The number of nitrogens with two attached hydrogens (primary N) is 1. The first-order valence-corrected chi connectivity index (χ1v) is 7.30. The third-order valence-corrected chi connectivity index (χ3v) is 3.90. The van der Waals surface area contributed by atoms with Gasteiger partial charge in [-0.2, -0.15) is 0 Å². The molecule has 2 rings (SSSR count). The highest BCUT2D eigenvalue weighted by Gasteiger charge is 2.16. The standard InChI is InChI=1S/C17H26N2O/c1-13(18)11-14-5-6-15-7-9-19(16(15)12-14)10-8-17(2,3)20-4/h5-7,9,12-13H,8,10-11,18H2,1-4H3. The van der Waals surface area contributed by atoms with Crippen molar-refractivity contribution >= 4 is 10.9 Å². The van der Waals surface area contributed by atoms with Crippen LogP contribution in [0, 0.1) is 0 Å². The van der Waals surface area contributed by atoms with Crippen molar-refractivity contribution in [2.75, 3.05) is 7.11 Å². The van der Waals surface area contributed by atoms with Gasteiger partial charge in [-0.3, -0.25) is 0 Å². The van der Waals surface area contributed by atoms with Gasteiger partial charge in [-0.05, 0) is 56.7 Å². The van der Waals surface area contributed by atoms with E-state index in [0.29, 0.717) is 0 Å². The topological polar surface area (TPSA) is 40.2 Å². The van der Waals surface area contributed by atoms with Gasteiger partial charge in [0.25, 0.3) is 0 Å². The number of methoxy groups -OCH3 is 1. The number of nitrogens with zero attached hydrogens (tertiary/aromatic N) is 1. The highest BCUT2D eigenvalue weighted by molar-refractivity contribution is 5.80. The van der Waals surface area contributed by atoms with Crippen molar-refractivity contribution in [3.05, 3.63) is 36.0 Å². The molecule has 1 unspecified atom stereocenters. The first-order valence-electron chi connectivity index (χ1n) is 7.30. The van der Waals surface area contributed by atoms with E-state index in [1.54, 1.807) is 7.11 Å². The van der Waals surface area contributed by atoms with Gasteiger partial charge in [-0.25, -0.2) is 0 Å². The summed E-state index contributed by atoms with van der Waals surface area (Å²) < 4.78 is 7.80. The molecule has 2 aromatic rings. The van der Waals surface area contributed by atoms with Crippen molar-refractivity contribution in [1.82, 2.24) is 4.57 Å². The van der Waals surface area contributed by atoms with Crippen molar-refractivity contribution in [2.24, 2.45) is 5.73 Å². The molecule has 3 heteroatoms. The maximum Gasteiger partial charge on any atom is 0.0639 e. The van der Waals surface area contributed by atoms with Gasteiger partial charge in [0.1, 0.15) is 0 Å². The van der Waals surface area contributed by atoms with Crippen LogP contribution in [0.3, 0.4) is 0 Å². The fourth-order valence-electron chi connectivity index (χ4n) is 2.41. The van der Waals surface area contributed by atoms with Crippen LogP contribution < -0.4 is 5.73 Å². The second-order valence-corrected chi connectivity index (χ2v) is 6.30. The molecule has 0 radical (unpaired) electrons. The number of ether oxygens (including phenoxy) is 1. The van der Waals surface area contributed by atoms with E-state index < -0.39 is 0 Å². The highest BCUT2D eigenvalue weighted by Crippen LogP contribution is 2.21. The van der Waals surface area contributed by atoms with Gasteiger partial charge in [0, 0.05) is 31.4 Å². The van der Waals surface area contributed by atoms with E-state index >= 15 is 0 Å². The van der Waals surface area contributed by atoms with E-state index in [1.807, 2.05) is 6.92 Å². The van der Waals surface area contributed by atoms with Crippen LogP contribution in [-0.4, -0.2) is 23.3 Å². The maximum absolute atomic E-state index is 5.89. The van der Waals surface area contributed by atoms with E-state index in [9.17, 15) is 0 Å². The minimum atomic E-state index is -0.0834. The number of hydrogen-bond acceptors (Lipinski definition) is 2. The van der Waals surface area contributed by atoms with Gasteiger partial charge >= 0.3 is 0 Å². The average molecular weight is 274 g/mol. The molecule has 0 amide bonds. The SMILES string of the molecule is COC(C)(C)CCn1ccc2ccc(CC(C)N)cc21. The van der Waals surface area contributed by atoms with E-state index in [2.05, 4.69) is 48.9 Å². The zero-order chi connectivity index (χ0) is 14.8. The van der Waals surface area contributed by atoms with Crippen LogP contribution in [0.15, 0.2) is 30.5 Å². The molecule has 1 atom stereocenters. The largest absolute Gasteiger partial charge is 0.379 e. The van der Waals surface area contributed by atoms with Crippen LogP contribution in [0.2, 0.25) is 0 Å². The highest BCUT2D eigenvalue weighted by atomic mass is 16.5. The van der Waals surface area contributed by atoms with E-state index in [0.717, 1.165) is 19.4 Å². The van der Waals surface area contributed by atoms with Crippen molar-refractivity contribution < 1.29 is 4.74 Å². The Morgan fingerprint density at radius 1 is 1.30 bits per heavy atom. The van der Waals surface area contributed by atoms with Gasteiger partial charge in [-0.15, -0.1) is 0 Å². The number of aryl methyl sites for hydroxylation is 1. The predicted octanol–water partition coefficient (Wildman–Crippen LogP) is 3.35. The van der Waals surface area contributed by atoms with Crippen LogP contribution in [0.1, 0.15) is 32.8 Å². The lowest BCUT2D eigenvalue weighted by Crippen LogP contribution is -2.24. The minimum absolute atomic E-state index is 0.0834. The summed E-state index contributed by atoms with van der Waals surface area (Å²) in [4.78, 5) is 0. The third-order valence-electron chi connectivity index (χ3n) is 3.90. The van der Waals surface area contributed by atoms with Crippen LogP contribution >= 0.6 is 0 Å². The first-order chi connectivity index (χ1) is 9.41. The summed E-state index contributed by atoms with van der Waals surface area (Å²) in [6.07, 6.45) is 4.07. The summed E-state index contributed by atoms with van der Waals surface area (Å²) >= 11 is 0. The molecule has 1 aromatic heterocycles. The van der Waals surface area contributed by atoms with Crippen LogP contribution in [0.25, 0.3) is 10.9 Å². The zero-order valence-corrected chi connectivity index (χ0v) is 13.0. The van der Waals surface area contributed by atoms with Crippen LogP contribution in [-0.2, 0) is 17.7 Å². The molecular weight excluding hydrogens is 248 g/mol. The zero-order valence-electron chi connectivity index (χ0n) is 13.0. The van der Waals surface area contributed by atoms with Crippen molar-refractivity contribution in [3.8, 4) is 0 Å². The molecule has 0 aliphatic heterocycles. The molecule has 0 fully saturated rings. The second-order valence-electron chi connectivity index (χ2n) is 6.30. The quantitative estimate of drug-likeness (QED) is 0.877. The van der Waals surface area contributed by atoms with Crippen LogP contribution in [0.5, 0.6) is 0 Å². The van der Waals surface area contributed by atoms with Crippen molar-refractivity contribution in [3.63, 3.8) is 0 Å². The predicted molar refractivity (Wildman–Crippen MR) is 85.0 cm³/mol. The number of aromatic nitrogens is 1. The molecule has 3 nitrogen and oxygen atoms in total. The average Bonchev–Trinajstić information content (AvgIpc) is 2.78. The first kappa shape index (κ1) is 15.1. The Hall–Kier alpha value is -1.32.